The monoisotopic (exact) mass is 314 g/mol. The first-order valence-electron chi connectivity index (χ1n) is 8.07. The molecule has 1 atom stereocenters. The van der Waals surface area contributed by atoms with Gasteiger partial charge in [-0.1, -0.05) is 6.07 Å². The summed E-state index contributed by atoms with van der Waals surface area (Å²) in [6, 6.07) is 5.94. The van der Waals surface area contributed by atoms with Gasteiger partial charge in [0.2, 0.25) is 11.9 Å². The number of nitrogens with zero attached hydrogens (tertiary/aromatic N) is 5. The molecular weight excluding hydrogens is 292 g/mol. The van der Waals surface area contributed by atoms with Crippen LogP contribution in [0.1, 0.15) is 25.5 Å². The molecule has 1 aliphatic heterocycles. The van der Waals surface area contributed by atoms with Crippen LogP contribution in [0.5, 0.6) is 0 Å². The number of amides is 1. The lowest BCUT2D eigenvalue weighted by Gasteiger charge is -2.33. The minimum Gasteiger partial charge on any atom is -0.313 e. The molecule has 0 aliphatic carbocycles. The summed E-state index contributed by atoms with van der Waals surface area (Å²) in [5, 5.41) is 7.74. The van der Waals surface area contributed by atoms with Crippen LogP contribution in [0.15, 0.2) is 30.7 Å². The van der Waals surface area contributed by atoms with Gasteiger partial charge in [0, 0.05) is 25.8 Å². The molecule has 0 spiro atoms. The molecule has 0 saturated carbocycles. The van der Waals surface area contributed by atoms with E-state index in [4.69, 9.17) is 0 Å². The highest BCUT2D eigenvalue weighted by Gasteiger charge is 2.30. The molecule has 1 amide bonds. The number of H-pyrrole nitrogens is 1. The lowest BCUT2D eigenvalue weighted by molar-refractivity contribution is -0.124. The summed E-state index contributed by atoms with van der Waals surface area (Å²) in [4.78, 5) is 24.1. The molecule has 23 heavy (non-hydrogen) atoms. The average molecular weight is 314 g/mol. The Labute approximate surface area is 135 Å². The molecule has 0 aromatic carbocycles. The summed E-state index contributed by atoms with van der Waals surface area (Å²) in [7, 11) is 0. The molecule has 0 bridgehead atoms. The van der Waals surface area contributed by atoms with E-state index in [1.807, 2.05) is 31.3 Å². The molecule has 3 heterocycles. The molecule has 1 aliphatic rings. The summed E-state index contributed by atoms with van der Waals surface area (Å²) in [6.45, 7) is 5.10. The van der Waals surface area contributed by atoms with Crippen LogP contribution >= 0.6 is 0 Å². The largest absolute Gasteiger partial charge is 0.313 e. The van der Waals surface area contributed by atoms with E-state index in [1.165, 1.54) is 6.33 Å². The van der Waals surface area contributed by atoms with Crippen LogP contribution in [0.4, 0.5) is 5.95 Å². The number of anilines is 1. The maximum absolute atomic E-state index is 12.8. The number of carbonyl (C=O) groups excluding carboxylic acids is 1. The first-order chi connectivity index (χ1) is 11.3. The van der Waals surface area contributed by atoms with Crippen molar-refractivity contribution in [2.24, 2.45) is 5.92 Å². The minimum absolute atomic E-state index is 0.00230. The molecule has 1 fully saturated rings. The van der Waals surface area contributed by atoms with E-state index in [1.54, 1.807) is 4.90 Å². The SMILES string of the molecule is CCN(C(=O)C1CCCN(Cc2ccccn2)C1)c1nnc[nH]1. The van der Waals surface area contributed by atoms with Crippen molar-refractivity contribution in [1.82, 2.24) is 25.1 Å². The standard InChI is InChI=1S/C16H22N6O/c1-2-22(16-18-12-19-20-16)15(23)13-6-5-9-21(10-13)11-14-7-3-4-8-17-14/h3-4,7-8,12-13H,2,5-6,9-11H2,1H3,(H,18,19,20). The maximum Gasteiger partial charge on any atom is 0.233 e. The Morgan fingerprint density at radius 1 is 1.48 bits per heavy atom. The lowest BCUT2D eigenvalue weighted by Crippen LogP contribution is -2.45. The van der Waals surface area contributed by atoms with E-state index in [9.17, 15) is 4.79 Å². The second-order valence-corrected chi connectivity index (χ2v) is 5.79. The summed E-state index contributed by atoms with van der Waals surface area (Å²) in [6.07, 6.45) is 5.25. The molecule has 1 saturated heterocycles. The normalized spacial score (nSPS) is 18.7. The molecule has 7 heteroatoms. The molecule has 0 radical (unpaired) electrons. The summed E-state index contributed by atoms with van der Waals surface area (Å²) in [5.41, 5.74) is 1.04. The summed E-state index contributed by atoms with van der Waals surface area (Å²) >= 11 is 0. The highest BCUT2D eigenvalue weighted by Crippen LogP contribution is 2.21. The van der Waals surface area contributed by atoms with Crippen molar-refractivity contribution in [3.05, 3.63) is 36.4 Å². The van der Waals surface area contributed by atoms with Gasteiger partial charge in [0.15, 0.2) is 0 Å². The van der Waals surface area contributed by atoms with Crippen LogP contribution in [0, 0.1) is 5.92 Å². The van der Waals surface area contributed by atoms with Crippen molar-refractivity contribution in [1.29, 1.82) is 0 Å². The molecule has 122 valence electrons. The number of hydrogen-bond donors (Lipinski definition) is 1. The van der Waals surface area contributed by atoms with E-state index in [0.717, 1.165) is 38.2 Å². The highest BCUT2D eigenvalue weighted by molar-refractivity contribution is 5.93. The van der Waals surface area contributed by atoms with Gasteiger partial charge in [-0.3, -0.25) is 19.6 Å². The number of piperidine rings is 1. The van der Waals surface area contributed by atoms with E-state index >= 15 is 0 Å². The van der Waals surface area contributed by atoms with Crippen molar-refractivity contribution in [2.75, 3.05) is 24.5 Å². The number of aromatic nitrogens is 4. The zero-order valence-corrected chi connectivity index (χ0v) is 13.4. The predicted molar refractivity (Wildman–Crippen MR) is 86.6 cm³/mol. The predicted octanol–water partition coefficient (Wildman–Crippen LogP) is 1.46. The van der Waals surface area contributed by atoms with Crippen molar-refractivity contribution in [3.8, 4) is 0 Å². The highest BCUT2D eigenvalue weighted by atomic mass is 16.2. The summed E-state index contributed by atoms with van der Waals surface area (Å²) in [5.74, 6) is 0.645. The zero-order valence-electron chi connectivity index (χ0n) is 13.4. The second kappa shape index (κ2) is 7.32. The molecule has 7 nitrogen and oxygen atoms in total. The van der Waals surface area contributed by atoms with Crippen molar-refractivity contribution >= 4 is 11.9 Å². The van der Waals surface area contributed by atoms with Gasteiger partial charge in [0.05, 0.1) is 11.6 Å². The van der Waals surface area contributed by atoms with Gasteiger partial charge in [-0.15, -0.1) is 10.2 Å². The Kier molecular flexibility index (Phi) is 4.97. The van der Waals surface area contributed by atoms with E-state index in [2.05, 4.69) is 25.1 Å². The first kappa shape index (κ1) is 15.6. The molecule has 3 rings (SSSR count). The number of hydrogen-bond acceptors (Lipinski definition) is 5. The Bertz CT molecular complexity index is 615. The number of nitrogens with one attached hydrogen (secondary N) is 1. The van der Waals surface area contributed by atoms with Gasteiger partial charge in [-0.2, -0.15) is 0 Å². The third-order valence-electron chi connectivity index (χ3n) is 4.21. The van der Waals surface area contributed by atoms with Crippen LogP contribution in [0.2, 0.25) is 0 Å². The van der Waals surface area contributed by atoms with Gasteiger partial charge >= 0.3 is 0 Å². The molecular formula is C16H22N6O. The van der Waals surface area contributed by atoms with Gasteiger partial charge < -0.3 is 4.98 Å². The molecule has 1 N–H and O–H groups in total. The van der Waals surface area contributed by atoms with Gasteiger partial charge in [-0.25, -0.2) is 0 Å². The van der Waals surface area contributed by atoms with Crippen LogP contribution in [-0.2, 0) is 11.3 Å². The second-order valence-electron chi connectivity index (χ2n) is 5.79. The maximum atomic E-state index is 12.8. The van der Waals surface area contributed by atoms with Crippen molar-refractivity contribution in [2.45, 2.75) is 26.3 Å². The fourth-order valence-corrected chi connectivity index (χ4v) is 3.08. The number of likely N-dealkylation sites (tertiary alicyclic amines) is 1. The topological polar surface area (TPSA) is 78.0 Å². The third kappa shape index (κ3) is 3.73. The smallest absolute Gasteiger partial charge is 0.233 e. The molecule has 2 aromatic rings. The fraction of sp³-hybridized carbons (Fsp3) is 0.500. The lowest BCUT2D eigenvalue weighted by atomic mass is 9.96. The van der Waals surface area contributed by atoms with Crippen molar-refractivity contribution in [3.63, 3.8) is 0 Å². The van der Waals surface area contributed by atoms with E-state index < -0.39 is 0 Å². The number of carbonyl (C=O) groups is 1. The fourth-order valence-electron chi connectivity index (χ4n) is 3.08. The Balaban J connectivity index is 1.64. The van der Waals surface area contributed by atoms with Crippen LogP contribution < -0.4 is 4.90 Å². The molecule has 1 unspecified atom stereocenters. The van der Waals surface area contributed by atoms with Crippen LogP contribution in [0.25, 0.3) is 0 Å². The number of pyridine rings is 1. The average Bonchev–Trinajstić information content (AvgIpc) is 3.11. The van der Waals surface area contributed by atoms with Crippen LogP contribution in [-0.4, -0.2) is 50.6 Å². The number of aromatic amines is 1. The zero-order chi connectivity index (χ0) is 16.1. The number of rotatable bonds is 5. The minimum atomic E-state index is -0.00230. The Morgan fingerprint density at radius 2 is 2.39 bits per heavy atom. The Hall–Kier alpha value is -2.28. The van der Waals surface area contributed by atoms with E-state index in [0.29, 0.717) is 12.5 Å². The van der Waals surface area contributed by atoms with Gasteiger partial charge in [-0.05, 0) is 38.4 Å². The van der Waals surface area contributed by atoms with Gasteiger partial charge in [0.1, 0.15) is 6.33 Å². The van der Waals surface area contributed by atoms with Gasteiger partial charge in [0.25, 0.3) is 0 Å². The van der Waals surface area contributed by atoms with Crippen LogP contribution in [0.3, 0.4) is 0 Å². The molecule has 2 aromatic heterocycles. The van der Waals surface area contributed by atoms with E-state index in [-0.39, 0.29) is 11.8 Å². The third-order valence-corrected chi connectivity index (χ3v) is 4.21. The summed E-state index contributed by atoms with van der Waals surface area (Å²) < 4.78 is 0. The Morgan fingerprint density at radius 3 is 3.09 bits per heavy atom. The quantitative estimate of drug-likeness (QED) is 0.904. The first-order valence-corrected chi connectivity index (χ1v) is 8.07. The van der Waals surface area contributed by atoms with Crippen molar-refractivity contribution < 1.29 is 4.79 Å².